The topological polar surface area (TPSA) is 79.4 Å². The molecule has 2 aromatic carbocycles. The minimum Gasteiger partial charge on any atom is -0.322 e. The van der Waals surface area contributed by atoms with E-state index < -0.39 is 21.7 Å². The third-order valence-electron chi connectivity index (χ3n) is 3.97. The van der Waals surface area contributed by atoms with Crippen LogP contribution in [-0.4, -0.2) is 26.4 Å². The van der Waals surface area contributed by atoms with E-state index in [1.165, 1.54) is 49.8 Å². The van der Waals surface area contributed by atoms with Crippen LogP contribution in [0.5, 0.6) is 0 Å². The summed E-state index contributed by atoms with van der Waals surface area (Å²) in [5, 5.41) is 2.74. The molecule has 0 saturated heterocycles. The zero-order chi connectivity index (χ0) is 20.3. The Morgan fingerprint density at radius 2 is 1.71 bits per heavy atom. The van der Waals surface area contributed by atoms with Gasteiger partial charge in [-0.1, -0.05) is 11.6 Å². The molecular formula is C19H15ClFN3O3S. The maximum Gasteiger partial charge on any atom is 0.264 e. The highest BCUT2D eigenvalue weighted by Gasteiger charge is 2.24. The number of nitrogens with zero attached hydrogens (tertiary/aromatic N) is 2. The average Bonchev–Trinajstić information content (AvgIpc) is 2.69. The molecule has 0 spiro atoms. The molecular weight excluding hydrogens is 405 g/mol. The largest absolute Gasteiger partial charge is 0.322 e. The summed E-state index contributed by atoms with van der Waals surface area (Å²) in [6, 6.07) is 12.1. The van der Waals surface area contributed by atoms with Gasteiger partial charge in [0.15, 0.2) is 0 Å². The molecule has 0 bridgehead atoms. The normalized spacial score (nSPS) is 11.1. The van der Waals surface area contributed by atoms with Crippen molar-refractivity contribution in [3.8, 4) is 0 Å². The van der Waals surface area contributed by atoms with Crippen molar-refractivity contribution >= 4 is 38.9 Å². The van der Waals surface area contributed by atoms with Gasteiger partial charge in [0.25, 0.3) is 15.9 Å². The van der Waals surface area contributed by atoms with E-state index in [2.05, 4.69) is 10.3 Å². The van der Waals surface area contributed by atoms with E-state index in [4.69, 9.17) is 11.6 Å². The fourth-order valence-corrected chi connectivity index (χ4v) is 3.85. The highest BCUT2D eigenvalue weighted by molar-refractivity contribution is 7.92. The van der Waals surface area contributed by atoms with Gasteiger partial charge in [0, 0.05) is 25.1 Å². The summed E-state index contributed by atoms with van der Waals surface area (Å²) < 4.78 is 39.9. The first kappa shape index (κ1) is 19.8. The Hall–Kier alpha value is -2.97. The lowest BCUT2D eigenvalue weighted by Crippen LogP contribution is -2.27. The standard InChI is InChI=1S/C19H15ClFN3O3S/c1-24(15-4-2-13(21)3-5-15)28(26,27)16-6-7-18(20)17(12-16)19(25)23-14-8-10-22-11-9-14/h2-12H,1H3,(H,22,23,25). The minimum absolute atomic E-state index is 0.00654. The average molecular weight is 420 g/mol. The van der Waals surface area contributed by atoms with Gasteiger partial charge in [0.05, 0.1) is 21.2 Å². The minimum atomic E-state index is -3.99. The second-order valence-electron chi connectivity index (χ2n) is 5.78. The molecule has 0 saturated carbocycles. The quantitative estimate of drug-likeness (QED) is 0.679. The number of pyridine rings is 1. The van der Waals surface area contributed by atoms with Crippen molar-refractivity contribution in [2.24, 2.45) is 0 Å². The molecule has 1 amide bonds. The number of halogens is 2. The fourth-order valence-electron chi connectivity index (χ4n) is 2.42. The Bertz CT molecular complexity index is 1110. The van der Waals surface area contributed by atoms with E-state index in [0.717, 1.165) is 16.4 Å². The molecule has 0 unspecified atom stereocenters. The number of carbonyl (C=O) groups is 1. The van der Waals surface area contributed by atoms with E-state index in [0.29, 0.717) is 5.69 Å². The molecule has 0 fully saturated rings. The number of hydrogen-bond donors (Lipinski definition) is 1. The number of rotatable bonds is 5. The van der Waals surface area contributed by atoms with Crippen LogP contribution in [0.1, 0.15) is 10.4 Å². The van der Waals surface area contributed by atoms with Crippen LogP contribution >= 0.6 is 11.6 Å². The summed E-state index contributed by atoms with van der Waals surface area (Å²) in [4.78, 5) is 16.3. The molecule has 1 heterocycles. The van der Waals surface area contributed by atoms with Gasteiger partial charge in [-0.15, -0.1) is 0 Å². The van der Waals surface area contributed by atoms with Gasteiger partial charge in [-0.2, -0.15) is 0 Å². The maximum absolute atomic E-state index is 13.1. The van der Waals surface area contributed by atoms with Crippen LogP contribution < -0.4 is 9.62 Å². The zero-order valence-corrected chi connectivity index (χ0v) is 16.2. The van der Waals surface area contributed by atoms with Crippen LogP contribution in [0.4, 0.5) is 15.8 Å². The van der Waals surface area contributed by atoms with Crippen molar-refractivity contribution in [2.45, 2.75) is 4.90 Å². The number of hydrogen-bond acceptors (Lipinski definition) is 4. The molecule has 0 aliphatic heterocycles. The van der Waals surface area contributed by atoms with Crippen molar-refractivity contribution in [3.05, 3.63) is 83.4 Å². The highest BCUT2D eigenvalue weighted by Crippen LogP contribution is 2.26. The number of benzene rings is 2. The van der Waals surface area contributed by atoms with Gasteiger partial charge in [-0.25, -0.2) is 12.8 Å². The number of nitrogens with one attached hydrogen (secondary N) is 1. The zero-order valence-electron chi connectivity index (χ0n) is 14.6. The summed E-state index contributed by atoms with van der Waals surface area (Å²) in [6.07, 6.45) is 3.02. The first-order valence-electron chi connectivity index (χ1n) is 8.04. The molecule has 0 radical (unpaired) electrons. The summed E-state index contributed by atoms with van der Waals surface area (Å²) in [5.41, 5.74) is 0.777. The number of amides is 1. The molecule has 1 N–H and O–H groups in total. The molecule has 1 aromatic heterocycles. The van der Waals surface area contributed by atoms with Gasteiger partial charge in [0.2, 0.25) is 0 Å². The van der Waals surface area contributed by atoms with E-state index in [1.807, 2.05) is 0 Å². The van der Waals surface area contributed by atoms with Crippen LogP contribution in [0.3, 0.4) is 0 Å². The Labute approximate surface area is 166 Å². The van der Waals surface area contributed by atoms with E-state index in [-0.39, 0.29) is 21.2 Å². The van der Waals surface area contributed by atoms with E-state index in [1.54, 1.807) is 12.1 Å². The van der Waals surface area contributed by atoms with Crippen molar-refractivity contribution in [1.29, 1.82) is 0 Å². The Morgan fingerprint density at radius 1 is 1.07 bits per heavy atom. The molecule has 28 heavy (non-hydrogen) atoms. The van der Waals surface area contributed by atoms with Crippen molar-refractivity contribution < 1.29 is 17.6 Å². The molecule has 144 valence electrons. The number of carbonyl (C=O) groups excluding carboxylic acids is 1. The lowest BCUT2D eigenvalue weighted by atomic mass is 10.2. The molecule has 3 rings (SSSR count). The van der Waals surface area contributed by atoms with Crippen LogP contribution in [0.25, 0.3) is 0 Å². The van der Waals surface area contributed by atoms with Crippen LogP contribution in [0.15, 0.2) is 71.9 Å². The fraction of sp³-hybridized carbons (Fsp3) is 0.0526. The SMILES string of the molecule is CN(c1ccc(F)cc1)S(=O)(=O)c1ccc(Cl)c(C(=O)Nc2ccncc2)c1. The van der Waals surface area contributed by atoms with E-state index in [9.17, 15) is 17.6 Å². The summed E-state index contributed by atoms with van der Waals surface area (Å²) in [7, 11) is -2.65. The number of sulfonamides is 1. The van der Waals surface area contributed by atoms with Crippen molar-refractivity contribution in [3.63, 3.8) is 0 Å². The predicted octanol–water partition coefficient (Wildman–Crippen LogP) is 3.95. The van der Waals surface area contributed by atoms with Crippen molar-refractivity contribution in [1.82, 2.24) is 4.98 Å². The summed E-state index contributed by atoms with van der Waals surface area (Å²) in [5.74, 6) is -1.03. The number of aromatic nitrogens is 1. The maximum atomic E-state index is 13.1. The van der Waals surface area contributed by atoms with E-state index >= 15 is 0 Å². The van der Waals surface area contributed by atoms with Crippen molar-refractivity contribution in [2.75, 3.05) is 16.7 Å². The summed E-state index contributed by atoms with van der Waals surface area (Å²) in [6.45, 7) is 0. The van der Waals surface area contributed by atoms with Gasteiger partial charge < -0.3 is 5.32 Å². The monoisotopic (exact) mass is 419 g/mol. The Balaban J connectivity index is 1.93. The Morgan fingerprint density at radius 3 is 2.36 bits per heavy atom. The van der Waals surface area contributed by atoms with Crippen LogP contribution in [-0.2, 0) is 10.0 Å². The summed E-state index contributed by atoms with van der Waals surface area (Å²) >= 11 is 6.10. The first-order chi connectivity index (χ1) is 13.3. The Kier molecular flexibility index (Phi) is 5.62. The van der Waals surface area contributed by atoms with Gasteiger partial charge in [0.1, 0.15) is 5.82 Å². The lowest BCUT2D eigenvalue weighted by Gasteiger charge is -2.20. The molecule has 6 nitrogen and oxygen atoms in total. The molecule has 0 aliphatic rings. The van der Waals surface area contributed by atoms with Gasteiger partial charge in [-0.3, -0.25) is 14.1 Å². The van der Waals surface area contributed by atoms with Gasteiger partial charge in [-0.05, 0) is 54.6 Å². The molecule has 0 atom stereocenters. The second-order valence-corrected chi connectivity index (χ2v) is 8.16. The number of anilines is 2. The van der Waals surface area contributed by atoms with Crippen LogP contribution in [0.2, 0.25) is 5.02 Å². The smallest absolute Gasteiger partial charge is 0.264 e. The molecule has 3 aromatic rings. The predicted molar refractivity (Wildman–Crippen MR) is 106 cm³/mol. The molecule has 0 aliphatic carbocycles. The first-order valence-corrected chi connectivity index (χ1v) is 9.86. The van der Waals surface area contributed by atoms with Gasteiger partial charge >= 0.3 is 0 Å². The van der Waals surface area contributed by atoms with Crippen LogP contribution in [0, 0.1) is 5.82 Å². The molecule has 9 heteroatoms. The third-order valence-corrected chi connectivity index (χ3v) is 6.08. The second kappa shape index (κ2) is 7.95. The lowest BCUT2D eigenvalue weighted by molar-refractivity contribution is 0.102. The highest BCUT2D eigenvalue weighted by atomic mass is 35.5. The third kappa shape index (κ3) is 4.13.